The molecule has 2 aromatic rings. The first kappa shape index (κ1) is 12.6. The molecular formula is C15H18N2O. The molecule has 0 N–H and O–H groups in total. The Bertz CT molecular complexity index is 597. The zero-order chi connectivity index (χ0) is 13.3. The van der Waals surface area contributed by atoms with E-state index in [4.69, 9.17) is 0 Å². The fourth-order valence-electron chi connectivity index (χ4n) is 2.28. The smallest absolute Gasteiger partial charge is 0.267 e. The van der Waals surface area contributed by atoms with Crippen LogP contribution in [0.5, 0.6) is 0 Å². The van der Waals surface area contributed by atoms with Gasteiger partial charge in [0.15, 0.2) is 0 Å². The van der Waals surface area contributed by atoms with Gasteiger partial charge < -0.3 is 0 Å². The normalized spacial score (nSPS) is 10.7. The number of carbonyl (C=O) groups is 1. The second-order valence-electron chi connectivity index (χ2n) is 4.59. The van der Waals surface area contributed by atoms with Crippen molar-refractivity contribution >= 4 is 5.91 Å². The van der Waals surface area contributed by atoms with Crippen molar-refractivity contribution in [1.82, 2.24) is 9.78 Å². The van der Waals surface area contributed by atoms with Gasteiger partial charge in [-0.1, -0.05) is 24.6 Å². The monoisotopic (exact) mass is 242 g/mol. The Kier molecular flexibility index (Phi) is 3.32. The fraction of sp³-hybridized carbons (Fsp3) is 0.333. The minimum absolute atomic E-state index is 0.0565. The van der Waals surface area contributed by atoms with Gasteiger partial charge in [-0.15, -0.1) is 0 Å². The van der Waals surface area contributed by atoms with E-state index in [2.05, 4.69) is 12.0 Å². The van der Waals surface area contributed by atoms with Crippen LogP contribution in [0.25, 0.3) is 0 Å². The Hall–Kier alpha value is -1.90. The van der Waals surface area contributed by atoms with Gasteiger partial charge in [-0.05, 0) is 44.9 Å². The van der Waals surface area contributed by atoms with Gasteiger partial charge in [0.1, 0.15) is 0 Å². The van der Waals surface area contributed by atoms with Gasteiger partial charge in [-0.25, -0.2) is 4.68 Å². The van der Waals surface area contributed by atoms with Crippen LogP contribution in [-0.2, 0) is 6.42 Å². The van der Waals surface area contributed by atoms with Gasteiger partial charge in [0.05, 0.1) is 5.69 Å². The highest BCUT2D eigenvalue weighted by atomic mass is 16.2. The van der Waals surface area contributed by atoms with Gasteiger partial charge in [0, 0.05) is 11.3 Å². The number of hydrogen-bond acceptors (Lipinski definition) is 2. The van der Waals surface area contributed by atoms with E-state index in [1.807, 2.05) is 45.0 Å². The highest BCUT2D eigenvalue weighted by Gasteiger charge is 2.16. The molecule has 1 aromatic carbocycles. The van der Waals surface area contributed by atoms with Gasteiger partial charge in [-0.2, -0.15) is 5.10 Å². The van der Waals surface area contributed by atoms with Crippen LogP contribution < -0.4 is 0 Å². The van der Waals surface area contributed by atoms with E-state index in [9.17, 15) is 4.79 Å². The first-order chi connectivity index (χ1) is 8.54. The number of carbonyl (C=O) groups excluding carboxylic acids is 1. The summed E-state index contributed by atoms with van der Waals surface area (Å²) in [4.78, 5) is 12.4. The summed E-state index contributed by atoms with van der Waals surface area (Å²) in [7, 11) is 0. The maximum absolute atomic E-state index is 12.4. The summed E-state index contributed by atoms with van der Waals surface area (Å²) >= 11 is 0. The van der Waals surface area contributed by atoms with Crippen molar-refractivity contribution in [1.29, 1.82) is 0 Å². The van der Waals surface area contributed by atoms with E-state index in [0.717, 1.165) is 28.9 Å². The topological polar surface area (TPSA) is 34.9 Å². The SMILES string of the molecule is CCc1c(C)nn(C(=O)c2cccc(C)c2)c1C. The van der Waals surface area contributed by atoms with E-state index < -0.39 is 0 Å². The molecule has 0 spiro atoms. The Labute approximate surface area is 107 Å². The van der Waals surface area contributed by atoms with Crippen molar-refractivity contribution in [3.8, 4) is 0 Å². The summed E-state index contributed by atoms with van der Waals surface area (Å²) in [5.74, 6) is -0.0565. The Morgan fingerprint density at radius 1 is 1.28 bits per heavy atom. The summed E-state index contributed by atoms with van der Waals surface area (Å²) in [6.45, 7) is 7.96. The molecule has 0 unspecified atom stereocenters. The fourth-order valence-corrected chi connectivity index (χ4v) is 2.28. The summed E-state index contributed by atoms with van der Waals surface area (Å²) in [6, 6.07) is 7.60. The molecule has 0 aliphatic rings. The predicted molar refractivity (Wildman–Crippen MR) is 72.0 cm³/mol. The van der Waals surface area contributed by atoms with E-state index in [-0.39, 0.29) is 5.91 Å². The highest BCUT2D eigenvalue weighted by Crippen LogP contribution is 2.15. The summed E-state index contributed by atoms with van der Waals surface area (Å²) < 4.78 is 1.52. The second kappa shape index (κ2) is 4.77. The third-order valence-corrected chi connectivity index (χ3v) is 3.25. The molecule has 3 nitrogen and oxygen atoms in total. The molecule has 0 saturated heterocycles. The van der Waals surface area contributed by atoms with Crippen molar-refractivity contribution in [3.63, 3.8) is 0 Å². The second-order valence-corrected chi connectivity index (χ2v) is 4.59. The maximum Gasteiger partial charge on any atom is 0.278 e. The Morgan fingerprint density at radius 2 is 2.00 bits per heavy atom. The molecule has 0 bridgehead atoms. The third kappa shape index (κ3) is 2.08. The Balaban J connectivity index is 2.47. The van der Waals surface area contributed by atoms with Crippen LogP contribution in [0, 0.1) is 20.8 Å². The average molecular weight is 242 g/mol. The molecule has 0 saturated carbocycles. The molecule has 2 rings (SSSR count). The third-order valence-electron chi connectivity index (χ3n) is 3.25. The van der Waals surface area contributed by atoms with Gasteiger partial charge in [0.25, 0.3) is 5.91 Å². The van der Waals surface area contributed by atoms with Crippen LogP contribution in [0.1, 0.15) is 39.8 Å². The first-order valence-electron chi connectivity index (χ1n) is 6.21. The lowest BCUT2D eigenvalue weighted by molar-refractivity contribution is 0.0942. The molecule has 18 heavy (non-hydrogen) atoms. The van der Waals surface area contributed by atoms with Crippen LogP contribution in [0.15, 0.2) is 24.3 Å². The Morgan fingerprint density at radius 3 is 2.56 bits per heavy atom. The molecule has 0 atom stereocenters. The highest BCUT2D eigenvalue weighted by molar-refractivity contribution is 5.96. The predicted octanol–water partition coefficient (Wildman–Crippen LogP) is 3.06. The largest absolute Gasteiger partial charge is 0.278 e. The van der Waals surface area contributed by atoms with E-state index in [0.29, 0.717) is 5.56 Å². The molecule has 3 heteroatoms. The molecule has 0 fully saturated rings. The number of benzene rings is 1. The van der Waals surface area contributed by atoms with Crippen molar-refractivity contribution in [2.24, 2.45) is 0 Å². The molecule has 1 aromatic heterocycles. The quantitative estimate of drug-likeness (QED) is 0.811. The van der Waals surface area contributed by atoms with Gasteiger partial charge >= 0.3 is 0 Å². The molecular weight excluding hydrogens is 224 g/mol. The van der Waals surface area contributed by atoms with Crippen molar-refractivity contribution in [2.75, 3.05) is 0 Å². The first-order valence-corrected chi connectivity index (χ1v) is 6.21. The summed E-state index contributed by atoms with van der Waals surface area (Å²) in [5, 5.41) is 4.35. The van der Waals surface area contributed by atoms with E-state index in [1.54, 1.807) is 0 Å². The molecule has 94 valence electrons. The number of rotatable bonds is 2. The molecule has 0 amide bonds. The van der Waals surface area contributed by atoms with E-state index in [1.165, 1.54) is 4.68 Å². The molecule has 0 aliphatic carbocycles. The van der Waals surface area contributed by atoms with E-state index >= 15 is 0 Å². The number of aromatic nitrogens is 2. The number of hydrogen-bond donors (Lipinski definition) is 0. The number of nitrogens with zero attached hydrogens (tertiary/aromatic N) is 2. The van der Waals surface area contributed by atoms with Gasteiger partial charge in [-0.3, -0.25) is 4.79 Å². The van der Waals surface area contributed by atoms with Crippen LogP contribution in [-0.4, -0.2) is 15.7 Å². The lowest BCUT2D eigenvalue weighted by atomic mass is 10.1. The summed E-state index contributed by atoms with van der Waals surface area (Å²) in [5.41, 5.74) is 4.81. The maximum atomic E-state index is 12.4. The van der Waals surface area contributed by atoms with Crippen LogP contribution in [0.4, 0.5) is 0 Å². The zero-order valence-electron chi connectivity index (χ0n) is 11.3. The number of aryl methyl sites for hydroxylation is 2. The van der Waals surface area contributed by atoms with Crippen LogP contribution >= 0.6 is 0 Å². The molecule has 0 radical (unpaired) electrons. The lowest BCUT2D eigenvalue weighted by Crippen LogP contribution is -2.15. The van der Waals surface area contributed by atoms with Crippen molar-refractivity contribution < 1.29 is 4.79 Å². The molecule has 1 heterocycles. The van der Waals surface area contributed by atoms with Crippen LogP contribution in [0.2, 0.25) is 0 Å². The summed E-state index contributed by atoms with van der Waals surface area (Å²) in [6.07, 6.45) is 0.902. The lowest BCUT2D eigenvalue weighted by Gasteiger charge is -2.04. The minimum atomic E-state index is -0.0565. The van der Waals surface area contributed by atoms with Crippen molar-refractivity contribution in [2.45, 2.75) is 34.1 Å². The average Bonchev–Trinajstić information content (AvgIpc) is 2.63. The van der Waals surface area contributed by atoms with Gasteiger partial charge in [0.2, 0.25) is 0 Å². The van der Waals surface area contributed by atoms with Crippen LogP contribution in [0.3, 0.4) is 0 Å². The minimum Gasteiger partial charge on any atom is -0.267 e. The standard InChI is InChI=1S/C15H18N2O/c1-5-14-11(3)16-17(12(14)4)15(18)13-8-6-7-10(2)9-13/h6-9H,5H2,1-4H3. The molecule has 0 aliphatic heterocycles. The van der Waals surface area contributed by atoms with Crippen molar-refractivity contribution in [3.05, 3.63) is 52.3 Å². The zero-order valence-corrected chi connectivity index (χ0v) is 11.3.